The van der Waals surface area contributed by atoms with Gasteiger partial charge in [-0.1, -0.05) is 39.0 Å². The first kappa shape index (κ1) is 19.3. The summed E-state index contributed by atoms with van der Waals surface area (Å²) in [5, 5.41) is 3.62. The molecule has 1 heterocycles. The van der Waals surface area contributed by atoms with Gasteiger partial charge in [-0.2, -0.15) is 0 Å². The lowest BCUT2D eigenvalue weighted by Crippen LogP contribution is -2.50. The SMILES string of the molecule is CC(NCCN1CCN(C)C(=O)C1)c1ccccc1SC(C)(C)C. The van der Waals surface area contributed by atoms with E-state index in [1.165, 1.54) is 10.5 Å². The van der Waals surface area contributed by atoms with Crippen molar-refractivity contribution in [2.75, 3.05) is 39.8 Å². The Morgan fingerprint density at radius 1 is 1.25 bits per heavy atom. The number of amides is 1. The second-order valence-electron chi connectivity index (χ2n) is 7.52. The summed E-state index contributed by atoms with van der Waals surface area (Å²) in [5.74, 6) is 0.223. The number of rotatable bonds is 6. The molecule has 1 aliphatic heterocycles. The van der Waals surface area contributed by atoms with E-state index in [4.69, 9.17) is 0 Å². The van der Waals surface area contributed by atoms with Gasteiger partial charge in [0, 0.05) is 48.9 Å². The van der Waals surface area contributed by atoms with Gasteiger partial charge in [-0.3, -0.25) is 9.69 Å². The summed E-state index contributed by atoms with van der Waals surface area (Å²) < 4.78 is 0.204. The van der Waals surface area contributed by atoms with Crippen LogP contribution in [0.1, 0.15) is 39.3 Å². The largest absolute Gasteiger partial charge is 0.343 e. The average Bonchev–Trinajstić information content (AvgIpc) is 2.49. The number of nitrogens with one attached hydrogen (secondary N) is 1. The zero-order valence-corrected chi connectivity index (χ0v) is 16.4. The molecule has 4 nitrogen and oxygen atoms in total. The summed E-state index contributed by atoms with van der Waals surface area (Å²) in [7, 11) is 1.88. The van der Waals surface area contributed by atoms with Gasteiger partial charge < -0.3 is 10.2 Å². The van der Waals surface area contributed by atoms with E-state index in [0.29, 0.717) is 12.6 Å². The fourth-order valence-electron chi connectivity index (χ4n) is 2.81. The third kappa shape index (κ3) is 5.80. The van der Waals surface area contributed by atoms with E-state index in [1.54, 1.807) is 0 Å². The number of nitrogens with zero attached hydrogens (tertiary/aromatic N) is 2. The number of thioether (sulfide) groups is 1. The highest BCUT2D eigenvalue weighted by Gasteiger charge is 2.21. The van der Waals surface area contributed by atoms with Crippen LogP contribution < -0.4 is 5.32 Å². The molecule has 1 aliphatic rings. The summed E-state index contributed by atoms with van der Waals surface area (Å²) in [6.07, 6.45) is 0. The third-order valence-corrected chi connectivity index (χ3v) is 5.42. The summed E-state index contributed by atoms with van der Waals surface area (Å²) in [5.41, 5.74) is 1.35. The molecule has 0 aromatic heterocycles. The number of carbonyl (C=O) groups excluding carboxylic acids is 1. The number of benzene rings is 1. The smallest absolute Gasteiger partial charge is 0.236 e. The van der Waals surface area contributed by atoms with E-state index in [2.05, 4.69) is 62.2 Å². The fourth-order valence-corrected chi connectivity index (χ4v) is 3.98. The Morgan fingerprint density at radius 2 is 1.96 bits per heavy atom. The Kier molecular flexibility index (Phi) is 6.72. The van der Waals surface area contributed by atoms with Gasteiger partial charge in [0.15, 0.2) is 0 Å². The summed E-state index contributed by atoms with van der Waals surface area (Å²) in [4.78, 5) is 17.2. The summed E-state index contributed by atoms with van der Waals surface area (Å²) in [6, 6.07) is 8.95. The van der Waals surface area contributed by atoms with Gasteiger partial charge in [-0.05, 0) is 18.6 Å². The highest BCUT2D eigenvalue weighted by molar-refractivity contribution is 8.00. The molecule has 1 amide bonds. The number of hydrogen-bond donors (Lipinski definition) is 1. The molecule has 0 aliphatic carbocycles. The minimum absolute atomic E-state index is 0.204. The zero-order chi connectivity index (χ0) is 17.7. The van der Waals surface area contributed by atoms with Crippen LogP contribution >= 0.6 is 11.8 Å². The first-order chi connectivity index (χ1) is 11.3. The van der Waals surface area contributed by atoms with Crippen LogP contribution in [0.15, 0.2) is 29.2 Å². The molecule has 1 aromatic carbocycles. The van der Waals surface area contributed by atoms with Gasteiger partial charge in [0.1, 0.15) is 0 Å². The first-order valence-electron chi connectivity index (χ1n) is 8.74. The molecule has 0 spiro atoms. The molecule has 1 atom stereocenters. The van der Waals surface area contributed by atoms with Crippen LogP contribution in [0, 0.1) is 0 Å². The fraction of sp³-hybridized carbons (Fsp3) is 0.632. The highest BCUT2D eigenvalue weighted by atomic mass is 32.2. The predicted molar refractivity (Wildman–Crippen MR) is 103 cm³/mol. The molecule has 0 bridgehead atoms. The minimum Gasteiger partial charge on any atom is -0.343 e. The van der Waals surface area contributed by atoms with E-state index in [1.807, 2.05) is 23.7 Å². The molecule has 0 saturated carbocycles. The van der Waals surface area contributed by atoms with E-state index in [0.717, 1.165) is 26.2 Å². The van der Waals surface area contributed by atoms with Gasteiger partial charge in [-0.15, -0.1) is 11.8 Å². The van der Waals surface area contributed by atoms with Gasteiger partial charge in [-0.25, -0.2) is 0 Å². The lowest BCUT2D eigenvalue weighted by molar-refractivity contribution is -0.134. The second kappa shape index (κ2) is 8.37. The standard InChI is InChI=1S/C19H31N3OS/c1-15(16-8-6-7-9-17(16)24-19(2,3)4)20-10-11-22-13-12-21(5)18(23)14-22/h6-9,15,20H,10-14H2,1-5H3. The summed E-state index contributed by atoms with van der Waals surface area (Å²) in [6.45, 7) is 13.1. The second-order valence-corrected chi connectivity index (χ2v) is 9.39. The van der Waals surface area contributed by atoms with Gasteiger partial charge in [0.05, 0.1) is 6.54 Å². The molecule has 5 heteroatoms. The normalized spacial score (nSPS) is 18.0. The van der Waals surface area contributed by atoms with Crippen LogP contribution in [0.5, 0.6) is 0 Å². The Morgan fingerprint density at radius 3 is 2.62 bits per heavy atom. The molecular weight excluding hydrogens is 318 g/mol. The average molecular weight is 350 g/mol. The van der Waals surface area contributed by atoms with Crippen molar-refractivity contribution in [1.82, 2.24) is 15.1 Å². The molecule has 1 fully saturated rings. The van der Waals surface area contributed by atoms with Gasteiger partial charge in [0.2, 0.25) is 5.91 Å². The molecule has 1 saturated heterocycles. The van der Waals surface area contributed by atoms with Crippen molar-refractivity contribution < 1.29 is 4.79 Å². The van der Waals surface area contributed by atoms with E-state index < -0.39 is 0 Å². The van der Waals surface area contributed by atoms with Crippen LogP contribution in [0.4, 0.5) is 0 Å². The third-order valence-electron chi connectivity index (χ3n) is 4.22. The molecule has 1 aromatic rings. The van der Waals surface area contributed by atoms with E-state index in [-0.39, 0.29) is 10.7 Å². The van der Waals surface area contributed by atoms with Gasteiger partial charge in [0.25, 0.3) is 0 Å². The molecular formula is C19H31N3OS. The van der Waals surface area contributed by atoms with E-state index >= 15 is 0 Å². The van der Waals surface area contributed by atoms with Crippen molar-refractivity contribution >= 4 is 17.7 Å². The predicted octanol–water partition coefficient (Wildman–Crippen LogP) is 3.00. The zero-order valence-electron chi connectivity index (χ0n) is 15.6. The lowest BCUT2D eigenvalue weighted by atomic mass is 10.1. The quantitative estimate of drug-likeness (QED) is 0.801. The van der Waals surface area contributed by atoms with Crippen LogP contribution in [0.25, 0.3) is 0 Å². The molecule has 1 N–H and O–H groups in total. The lowest BCUT2D eigenvalue weighted by Gasteiger charge is -2.32. The Hall–Kier alpha value is -1.04. The highest BCUT2D eigenvalue weighted by Crippen LogP contribution is 2.36. The van der Waals surface area contributed by atoms with Crippen LogP contribution in [0.3, 0.4) is 0 Å². The van der Waals surface area contributed by atoms with Crippen molar-refractivity contribution in [3.63, 3.8) is 0 Å². The first-order valence-corrected chi connectivity index (χ1v) is 9.55. The molecule has 134 valence electrons. The Balaban J connectivity index is 1.87. The van der Waals surface area contributed by atoms with Crippen molar-refractivity contribution in [3.05, 3.63) is 29.8 Å². The Bertz CT molecular complexity index is 556. The molecule has 0 radical (unpaired) electrons. The van der Waals surface area contributed by atoms with Crippen molar-refractivity contribution in [1.29, 1.82) is 0 Å². The monoisotopic (exact) mass is 349 g/mol. The summed E-state index contributed by atoms with van der Waals surface area (Å²) >= 11 is 1.92. The number of hydrogen-bond acceptors (Lipinski definition) is 4. The Labute approximate surface area is 151 Å². The van der Waals surface area contributed by atoms with Gasteiger partial charge >= 0.3 is 0 Å². The van der Waals surface area contributed by atoms with Crippen molar-refractivity contribution in [3.8, 4) is 0 Å². The molecule has 24 heavy (non-hydrogen) atoms. The molecule has 2 rings (SSSR count). The van der Waals surface area contributed by atoms with Crippen LogP contribution in [0.2, 0.25) is 0 Å². The number of likely N-dealkylation sites (N-methyl/N-ethyl adjacent to an activating group) is 1. The van der Waals surface area contributed by atoms with Crippen LogP contribution in [-0.4, -0.2) is 60.2 Å². The minimum atomic E-state index is 0.204. The van der Waals surface area contributed by atoms with Crippen molar-refractivity contribution in [2.24, 2.45) is 0 Å². The van der Waals surface area contributed by atoms with Crippen LogP contribution in [-0.2, 0) is 4.79 Å². The topological polar surface area (TPSA) is 35.6 Å². The molecule has 1 unspecified atom stereocenters. The maximum absolute atomic E-state index is 11.8. The number of carbonyl (C=O) groups is 1. The maximum atomic E-state index is 11.8. The number of piperazine rings is 1. The van der Waals surface area contributed by atoms with E-state index in [9.17, 15) is 4.79 Å². The maximum Gasteiger partial charge on any atom is 0.236 e. The van der Waals surface area contributed by atoms with Crippen molar-refractivity contribution in [2.45, 2.75) is 43.4 Å².